The smallest absolute Gasteiger partial charge is 0.188 e. The van der Waals surface area contributed by atoms with Crippen LogP contribution in [-0.2, 0) is 4.79 Å². The van der Waals surface area contributed by atoms with Gasteiger partial charge in [-0.1, -0.05) is 54.9 Å². The molecule has 0 aromatic heterocycles. The second-order valence-electron chi connectivity index (χ2n) is 6.92. The fourth-order valence-corrected chi connectivity index (χ4v) is 4.60. The molecule has 0 radical (unpaired) electrons. The number of para-hydroxylation sites is 1. The molecule has 4 heteroatoms. The Labute approximate surface area is 146 Å². The summed E-state index contributed by atoms with van der Waals surface area (Å²) in [5.41, 5.74) is 0.694. The summed E-state index contributed by atoms with van der Waals surface area (Å²) in [5, 5.41) is 11.9. The molecule has 1 aliphatic carbocycles. The lowest BCUT2D eigenvalue weighted by Crippen LogP contribution is -2.51. The highest BCUT2D eigenvalue weighted by Gasteiger charge is 2.60. The molecule has 124 valence electrons. The number of hydrogen-bond acceptors (Lipinski definition) is 3. The van der Waals surface area contributed by atoms with E-state index in [1.165, 1.54) is 0 Å². The number of aliphatic hydroxyl groups is 1. The van der Waals surface area contributed by atoms with Crippen molar-refractivity contribution in [3.05, 3.63) is 65.2 Å². The SMILES string of the molecule is C[C@@H]1[C@H](c2ccccc2Cl)C[C@H]2C(=O)[C@]1(O)CN2c1ccccc1. The number of ketones is 1. The molecule has 3 nitrogen and oxygen atoms in total. The van der Waals surface area contributed by atoms with E-state index < -0.39 is 5.60 Å². The van der Waals surface area contributed by atoms with Gasteiger partial charge in [0.25, 0.3) is 0 Å². The average molecular weight is 342 g/mol. The minimum atomic E-state index is -1.32. The van der Waals surface area contributed by atoms with Crippen molar-refractivity contribution in [1.82, 2.24) is 0 Å². The molecule has 2 aromatic carbocycles. The lowest BCUT2D eigenvalue weighted by Gasteiger charge is -2.38. The first-order valence-electron chi connectivity index (χ1n) is 8.35. The van der Waals surface area contributed by atoms with Gasteiger partial charge in [-0.15, -0.1) is 0 Å². The van der Waals surface area contributed by atoms with Gasteiger partial charge in [-0.25, -0.2) is 0 Å². The van der Waals surface area contributed by atoms with Gasteiger partial charge in [-0.05, 0) is 36.1 Å². The van der Waals surface area contributed by atoms with Crippen LogP contribution in [0.5, 0.6) is 0 Å². The highest BCUT2D eigenvalue weighted by atomic mass is 35.5. The Bertz CT molecular complexity index is 778. The summed E-state index contributed by atoms with van der Waals surface area (Å²) in [5.74, 6) is -0.155. The van der Waals surface area contributed by atoms with Crippen LogP contribution in [0.4, 0.5) is 5.69 Å². The molecule has 1 saturated carbocycles. The third-order valence-corrected chi connectivity index (χ3v) is 6.09. The van der Waals surface area contributed by atoms with Gasteiger partial charge in [-0.2, -0.15) is 0 Å². The molecule has 0 unspecified atom stereocenters. The Hall–Kier alpha value is -1.84. The Morgan fingerprint density at radius 1 is 1.12 bits per heavy atom. The fourth-order valence-electron chi connectivity index (χ4n) is 4.32. The van der Waals surface area contributed by atoms with Crippen molar-refractivity contribution in [2.75, 3.05) is 11.4 Å². The maximum atomic E-state index is 12.8. The van der Waals surface area contributed by atoms with Crippen LogP contribution < -0.4 is 4.90 Å². The number of hydrogen-bond donors (Lipinski definition) is 1. The number of carbonyl (C=O) groups excluding carboxylic acids is 1. The molecule has 4 rings (SSSR count). The van der Waals surface area contributed by atoms with Crippen LogP contribution in [0.1, 0.15) is 24.8 Å². The predicted octanol–water partition coefficient (Wildman–Crippen LogP) is 3.65. The number of fused-ring (bicyclic) bond motifs is 2. The van der Waals surface area contributed by atoms with E-state index in [-0.39, 0.29) is 23.7 Å². The molecule has 24 heavy (non-hydrogen) atoms. The molecule has 1 N–H and O–H groups in total. The number of rotatable bonds is 2. The molecule has 1 heterocycles. The number of β-amino-alcohol motifs (C(OH)–C–C–N with tert-alkyl or cyclic N) is 1. The number of carbonyl (C=O) groups is 1. The molecule has 1 aliphatic heterocycles. The van der Waals surface area contributed by atoms with Crippen molar-refractivity contribution in [2.45, 2.75) is 30.9 Å². The first-order chi connectivity index (χ1) is 11.5. The average Bonchev–Trinajstić information content (AvgIpc) is 2.78. The van der Waals surface area contributed by atoms with Crippen LogP contribution in [0, 0.1) is 5.92 Å². The monoisotopic (exact) mass is 341 g/mol. The van der Waals surface area contributed by atoms with E-state index in [0.717, 1.165) is 11.3 Å². The minimum absolute atomic E-state index is 0.0536. The molecular formula is C20H20ClNO2. The van der Waals surface area contributed by atoms with Crippen LogP contribution in [-0.4, -0.2) is 29.1 Å². The van der Waals surface area contributed by atoms with E-state index in [1.54, 1.807) is 0 Å². The van der Waals surface area contributed by atoms with Gasteiger partial charge in [0.15, 0.2) is 5.78 Å². The van der Waals surface area contributed by atoms with Crippen LogP contribution in [0.2, 0.25) is 5.02 Å². The van der Waals surface area contributed by atoms with Crippen molar-refractivity contribution in [3.8, 4) is 0 Å². The lowest BCUT2D eigenvalue weighted by atomic mass is 9.67. The van der Waals surface area contributed by atoms with Gasteiger partial charge in [-0.3, -0.25) is 4.79 Å². The summed E-state index contributed by atoms with van der Waals surface area (Å²) < 4.78 is 0. The van der Waals surface area contributed by atoms with Crippen LogP contribution in [0.15, 0.2) is 54.6 Å². The summed E-state index contributed by atoms with van der Waals surface area (Å²) in [6, 6.07) is 17.3. The first-order valence-corrected chi connectivity index (χ1v) is 8.73. The van der Waals surface area contributed by atoms with Crippen molar-refractivity contribution >= 4 is 23.1 Å². The summed E-state index contributed by atoms with van der Waals surface area (Å²) in [6.45, 7) is 2.32. The maximum Gasteiger partial charge on any atom is 0.188 e. The molecule has 2 bridgehead atoms. The van der Waals surface area contributed by atoms with E-state index in [4.69, 9.17) is 11.6 Å². The zero-order valence-electron chi connectivity index (χ0n) is 13.5. The van der Waals surface area contributed by atoms with Crippen LogP contribution in [0.25, 0.3) is 0 Å². The van der Waals surface area contributed by atoms with E-state index in [1.807, 2.05) is 61.5 Å². The summed E-state index contributed by atoms with van der Waals surface area (Å²) in [7, 11) is 0. The second-order valence-corrected chi connectivity index (χ2v) is 7.33. The highest BCUT2D eigenvalue weighted by Crippen LogP contribution is 2.49. The topological polar surface area (TPSA) is 40.5 Å². The highest BCUT2D eigenvalue weighted by molar-refractivity contribution is 6.31. The summed E-state index contributed by atoms with van der Waals surface area (Å²) in [4.78, 5) is 14.9. The van der Waals surface area contributed by atoms with Crippen molar-refractivity contribution < 1.29 is 9.90 Å². The Balaban J connectivity index is 1.75. The summed E-state index contributed by atoms with van der Waals surface area (Å²) in [6.07, 6.45) is 0.681. The number of Topliss-reactive ketones (excluding diaryl/α,β-unsaturated/α-hetero) is 1. The molecule has 2 aliphatic rings. The molecule has 0 spiro atoms. The van der Waals surface area contributed by atoms with Crippen molar-refractivity contribution in [3.63, 3.8) is 0 Å². The number of anilines is 1. The van der Waals surface area contributed by atoms with E-state index in [0.29, 0.717) is 18.0 Å². The normalized spacial score (nSPS) is 32.2. The quantitative estimate of drug-likeness (QED) is 0.906. The van der Waals surface area contributed by atoms with Gasteiger partial charge in [0.05, 0.1) is 12.6 Å². The van der Waals surface area contributed by atoms with E-state index >= 15 is 0 Å². The Morgan fingerprint density at radius 2 is 1.79 bits per heavy atom. The molecular weight excluding hydrogens is 322 g/mol. The van der Waals surface area contributed by atoms with Gasteiger partial charge >= 0.3 is 0 Å². The van der Waals surface area contributed by atoms with E-state index in [9.17, 15) is 9.90 Å². The Morgan fingerprint density at radius 3 is 2.50 bits per heavy atom. The van der Waals surface area contributed by atoms with Gasteiger partial charge in [0, 0.05) is 16.6 Å². The molecule has 2 fully saturated rings. The molecule has 2 aromatic rings. The summed E-state index contributed by atoms with van der Waals surface area (Å²) >= 11 is 6.39. The molecule has 1 saturated heterocycles. The van der Waals surface area contributed by atoms with Crippen molar-refractivity contribution in [2.24, 2.45) is 5.92 Å². The predicted molar refractivity (Wildman–Crippen MR) is 95.5 cm³/mol. The number of nitrogens with zero attached hydrogens (tertiary/aromatic N) is 1. The van der Waals surface area contributed by atoms with Gasteiger partial charge < -0.3 is 10.0 Å². The van der Waals surface area contributed by atoms with Crippen molar-refractivity contribution in [1.29, 1.82) is 0 Å². The standard InChI is InChI=1S/C20H20ClNO2/c1-13-16(15-9-5-6-10-17(15)21)11-18-19(23)20(13,24)12-22(18)14-7-3-2-4-8-14/h2-10,13,16,18,24H,11-12H2,1H3/t13-,16-,18+,20+/m1/s1. The van der Waals surface area contributed by atoms with Crippen LogP contribution in [0.3, 0.4) is 0 Å². The first kappa shape index (κ1) is 15.7. The number of halogens is 1. The third kappa shape index (κ3) is 2.19. The van der Waals surface area contributed by atoms with Gasteiger partial charge in [0.1, 0.15) is 5.60 Å². The molecule has 0 amide bonds. The second kappa shape index (κ2) is 5.61. The maximum absolute atomic E-state index is 12.8. The van der Waals surface area contributed by atoms with Gasteiger partial charge in [0.2, 0.25) is 0 Å². The lowest BCUT2D eigenvalue weighted by molar-refractivity contribution is -0.142. The Kier molecular flexibility index (Phi) is 3.66. The largest absolute Gasteiger partial charge is 0.380 e. The zero-order valence-corrected chi connectivity index (χ0v) is 14.3. The zero-order chi connectivity index (χ0) is 16.9. The third-order valence-electron chi connectivity index (χ3n) is 5.74. The molecule has 4 atom stereocenters. The minimum Gasteiger partial charge on any atom is -0.380 e. The number of benzene rings is 2. The fraction of sp³-hybridized carbons (Fsp3) is 0.350. The van der Waals surface area contributed by atoms with Crippen LogP contribution >= 0.6 is 11.6 Å². The van der Waals surface area contributed by atoms with E-state index in [2.05, 4.69) is 4.90 Å².